The van der Waals surface area contributed by atoms with Gasteiger partial charge in [0, 0.05) is 31.0 Å². The molecule has 3 aromatic rings. The van der Waals surface area contributed by atoms with Crippen LogP contribution in [0.5, 0.6) is 0 Å². The Kier molecular flexibility index (Phi) is 5.11. The van der Waals surface area contributed by atoms with Gasteiger partial charge >= 0.3 is 6.03 Å². The first kappa shape index (κ1) is 18.2. The first-order valence-corrected chi connectivity index (χ1v) is 9.63. The zero-order valence-corrected chi connectivity index (χ0v) is 15.9. The van der Waals surface area contributed by atoms with Gasteiger partial charge in [0.2, 0.25) is 5.91 Å². The lowest BCUT2D eigenvalue weighted by molar-refractivity contribution is -0.126. The molecule has 4 heterocycles. The fraction of sp³-hybridized carbons (Fsp3) is 0.278. The van der Waals surface area contributed by atoms with E-state index in [9.17, 15) is 9.59 Å². The second kappa shape index (κ2) is 7.85. The summed E-state index contributed by atoms with van der Waals surface area (Å²) >= 11 is 1.26. The van der Waals surface area contributed by atoms with E-state index in [1.165, 1.54) is 16.7 Å². The molecule has 1 fully saturated rings. The van der Waals surface area contributed by atoms with Gasteiger partial charge in [-0.2, -0.15) is 0 Å². The van der Waals surface area contributed by atoms with Gasteiger partial charge in [-0.25, -0.2) is 4.79 Å². The van der Waals surface area contributed by atoms with Crippen molar-refractivity contribution in [3.05, 3.63) is 48.7 Å². The number of amides is 3. The number of urea groups is 1. The van der Waals surface area contributed by atoms with Crippen LogP contribution in [0.1, 0.15) is 12.7 Å². The molecule has 4 rings (SSSR count). The number of nitrogens with one attached hydrogen (secondary N) is 1. The number of pyridine rings is 1. The van der Waals surface area contributed by atoms with E-state index in [0.717, 1.165) is 11.3 Å². The molecule has 10 heteroatoms. The Morgan fingerprint density at radius 1 is 1.36 bits per heavy atom. The Bertz CT molecular complexity index is 973. The molecular formula is C18H18N6O3S. The number of thioether (sulfide) groups is 1. The van der Waals surface area contributed by atoms with Crippen LogP contribution in [0.25, 0.3) is 11.4 Å². The highest BCUT2D eigenvalue weighted by Gasteiger charge is 2.31. The van der Waals surface area contributed by atoms with Crippen LogP contribution in [0.4, 0.5) is 4.79 Å². The molecule has 1 aliphatic rings. The van der Waals surface area contributed by atoms with Crippen LogP contribution in [0.2, 0.25) is 0 Å². The van der Waals surface area contributed by atoms with Gasteiger partial charge in [0.05, 0.1) is 18.1 Å². The molecule has 1 aliphatic heterocycles. The van der Waals surface area contributed by atoms with Gasteiger partial charge in [-0.1, -0.05) is 11.8 Å². The molecule has 0 saturated carbocycles. The van der Waals surface area contributed by atoms with Crippen LogP contribution in [-0.2, 0) is 11.3 Å². The maximum Gasteiger partial charge on any atom is 0.324 e. The molecular weight excluding hydrogens is 380 g/mol. The van der Waals surface area contributed by atoms with Gasteiger partial charge in [-0.15, -0.1) is 10.2 Å². The maximum atomic E-state index is 12.6. The van der Waals surface area contributed by atoms with E-state index in [-0.39, 0.29) is 11.9 Å². The summed E-state index contributed by atoms with van der Waals surface area (Å²) in [6, 6.07) is 7.05. The maximum absolute atomic E-state index is 12.6. The number of carbonyl (C=O) groups excluding carboxylic acids is 2. The average Bonchev–Trinajstić information content (AvgIpc) is 3.45. The van der Waals surface area contributed by atoms with Gasteiger partial charge < -0.3 is 9.73 Å². The lowest BCUT2D eigenvalue weighted by Crippen LogP contribution is -2.39. The lowest BCUT2D eigenvalue weighted by Gasteiger charge is -2.17. The van der Waals surface area contributed by atoms with Crippen LogP contribution in [0, 0.1) is 0 Å². The zero-order chi connectivity index (χ0) is 19.5. The van der Waals surface area contributed by atoms with E-state index in [4.69, 9.17) is 4.42 Å². The van der Waals surface area contributed by atoms with Crippen LogP contribution < -0.4 is 5.32 Å². The quantitative estimate of drug-likeness (QED) is 0.633. The number of hydrogen-bond acceptors (Lipinski definition) is 7. The zero-order valence-electron chi connectivity index (χ0n) is 15.1. The SMILES string of the molecule is C[C@@H](Sc1nnc(-c2cccnc2)n1Cc1ccco1)C(=O)N1CCNC1=O. The fourth-order valence-electron chi connectivity index (χ4n) is 2.90. The highest BCUT2D eigenvalue weighted by molar-refractivity contribution is 8.00. The molecule has 0 spiro atoms. The van der Waals surface area contributed by atoms with Crippen LogP contribution >= 0.6 is 11.8 Å². The summed E-state index contributed by atoms with van der Waals surface area (Å²) in [5.74, 6) is 1.12. The van der Waals surface area contributed by atoms with E-state index in [1.807, 2.05) is 28.8 Å². The first-order valence-electron chi connectivity index (χ1n) is 8.75. The normalized spacial score (nSPS) is 14.9. The van der Waals surface area contributed by atoms with E-state index in [2.05, 4.69) is 20.5 Å². The third-order valence-corrected chi connectivity index (χ3v) is 5.35. The summed E-state index contributed by atoms with van der Waals surface area (Å²) in [6.45, 7) is 3.02. The minimum atomic E-state index is -0.495. The first-order chi connectivity index (χ1) is 13.6. The number of furan rings is 1. The summed E-state index contributed by atoms with van der Waals surface area (Å²) in [5, 5.41) is 11.3. The molecule has 144 valence electrons. The van der Waals surface area contributed by atoms with Crippen LogP contribution in [0.3, 0.4) is 0 Å². The van der Waals surface area contributed by atoms with Crippen LogP contribution in [0.15, 0.2) is 52.5 Å². The largest absolute Gasteiger partial charge is 0.467 e. The molecule has 28 heavy (non-hydrogen) atoms. The number of carbonyl (C=O) groups is 2. The molecule has 0 aromatic carbocycles. The summed E-state index contributed by atoms with van der Waals surface area (Å²) < 4.78 is 7.35. The van der Waals surface area contributed by atoms with E-state index < -0.39 is 5.25 Å². The van der Waals surface area contributed by atoms with Gasteiger partial charge in [0.1, 0.15) is 5.76 Å². The summed E-state index contributed by atoms with van der Waals surface area (Å²) in [5.41, 5.74) is 0.811. The monoisotopic (exact) mass is 398 g/mol. The molecule has 3 amide bonds. The average molecular weight is 398 g/mol. The van der Waals surface area contributed by atoms with Crippen molar-refractivity contribution in [3.63, 3.8) is 0 Å². The van der Waals surface area contributed by atoms with E-state index >= 15 is 0 Å². The predicted octanol–water partition coefficient (Wildman–Crippen LogP) is 2.01. The van der Waals surface area contributed by atoms with Crippen molar-refractivity contribution < 1.29 is 14.0 Å². The Labute approximate surface area is 165 Å². The Morgan fingerprint density at radius 3 is 2.93 bits per heavy atom. The van der Waals surface area contributed by atoms with Gasteiger partial charge in [-0.3, -0.25) is 19.2 Å². The Morgan fingerprint density at radius 2 is 2.25 bits per heavy atom. The molecule has 3 aromatic heterocycles. The van der Waals surface area contributed by atoms with E-state index in [1.54, 1.807) is 25.6 Å². The molecule has 0 aliphatic carbocycles. The second-order valence-electron chi connectivity index (χ2n) is 6.20. The van der Waals surface area contributed by atoms with Crippen molar-refractivity contribution in [3.8, 4) is 11.4 Å². The van der Waals surface area contributed by atoms with Crippen molar-refractivity contribution in [2.75, 3.05) is 13.1 Å². The van der Waals surface area contributed by atoms with Crippen molar-refractivity contribution in [2.45, 2.75) is 23.9 Å². The Balaban J connectivity index is 1.62. The van der Waals surface area contributed by atoms with E-state index in [0.29, 0.717) is 30.6 Å². The minimum Gasteiger partial charge on any atom is -0.467 e. The molecule has 0 bridgehead atoms. The highest BCUT2D eigenvalue weighted by Crippen LogP contribution is 2.28. The molecule has 9 nitrogen and oxygen atoms in total. The predicted molar refractivity (Wildman–Crippen MR) is 101 cm³/mol. The number of aromatic nitrogens is 4. The van der Waals surface area contributed by atoms with Gasteiger partial charge in [-0.05, 0) is 31.2 Å². The smallest absolute Gasteiger partial charge is 0.324 e. The standard InChI is InChI=1S/C18H18N6O3S/c1-12(16(25)23-8-7-20-17(23)26)28-18-22-21-15(13-4-2-6-19-10-13)24(18)11-14-5-3-9-27-14/h2-6,9-10,12H,7-8,11H2,1H3,(H,20,26)/t12-/m1/s1. The molecule has 0 unspecified atom stereocenters. The number of imide groups is 1. The van der Waals surface area contributed by atoms with Crippen molar-refractivity contribution >= 4 is 23.7 Å². The highest BCUT2D eigenvalue weighted by atomic mass is 32.2. The molecule has 1 N–H and O–H groups in total. The van der Waals surface area contributed by atoms with Crippen molar-refractivity contribution in [2.24, 2.45) is 0 Å². The third-order valence-electron chi connectivity index (χ3n) is 4.28. The Hall–Kier alpha value is -3.14. The van der Waals surface area contributed by atoms with Crippen molar-refractivity contribution in [1.29, 1.82) is 0 Å². The summed E-state index contributed by atoms with van der Waals surface area (Å²) in [4.78, 5) is 29.8. The summed E-state index contributed by atoms with van der Waals surface area (Å²) in [7, 11) is 0. The molecule has 1 saturated heterocycles. The molecule has 0 radical (unpaired) electrons. The van der Waals surface area contributed by atoms with Crippen molar-refractivity contribution in [1.82, 2.24) is 30.0 Å². The lowest BCUT2D eigenvalue weighted by atomic mass is 10.2. The summed E-state index contributed by atoms with van der Waals surface area (Å²) in [6.07, 6.45) is 5.00. The second-order valence-corrected chi connectivity index (χ2v) is 7.50. The third kappa shape index (κ3) is 3.63. The number of nitrogens with zero attached hydrogens (tertiary/aromatic N) is 5. The number of rotatable bonds is 6. The van der Waals surface area contributed by atoms with Gasteiger partial charge in [0.15, 0.2) is 11.0 Å². The van der Waals surface area contributed by atoms with Gasteiger partial charge in [0.25, 0.3) is 0 Å². The number of hydrogen-bond donors (Lipinski definition) is 1. The topological polar surface area (TPSA) is 106 Å². The molecule has 1 atom stereocenters. The minimum absolute atomic E-state index is 0.254. The fourth-order valence-corrected chi connectivity index (χ4v) is 3.81. The van der Waals surface area contributed by atoms with Crippen LogP contribution in [-0.4, -0.2) is 54.9 Å².